The number of nitrogens with one attached hydrogen (secondary N) is 1. The fourth-order valence-corrected chi connectivity index (χ4v) is 1.75. The molecule has 0 aromatic rings. The SMILES string of the molecule is CC(C)CN(CC(N)=O)CC(C)(C)C(=O)NN. The monoisotopic (exact) mass is 244 g/mol. The van der Waals surface area contributed by atoms with Crippen molar-refractivity contribution >= 4 is 11.8 Å². The number of primary amides is 1. The zero-order chi connectivity index (χ0) is 13.6. The highest BCUT2D eigenvalue weighted by Gasteiger charge is 2.30. The summed E-state index contributed by atoms with van der Waals surface area (Å²) in [5.41, 5.74) is 6.67. The average Bonchev–Trinajstić information content (AvgIpc) is 2.13. The van der Waals surface area contributed by atoms with Crippen LogP contribution >= 0.6 is 0 Å². The van der Waals surface area contributed by atoms with Gasteiger partial charge < -0.3 is 5.73 Å². The Morgan fingerprint density at radius 3 is 2.24 bits per heavy atom. The summed E-state index contributed by atoms with van der Waals surface area (Å²) in [6.45, 7) is 8.96. The predicted molar refractivity (Wildman–Crippen MR) is 66.6 cm³/mol. The van der Waals surface area contributed by atoms with Crippen molar-refractivity contribution in [1.29, 1.82) is 0 Å². The van der Waals surface area contributed by atoms with Gasteiger partial charge in [0, 0.05) is 13.1 Å². The molecule has 17 heavy (non-hydrogen) atoms. The van der Waals surface area contributed by atoms with Gasteiger partial charge in [-0.25, -0.2) is 5.84 Å². The van der Waals surface area contributed by atoms with E-state index in [0.717, 1.165) is 0 Å². The average molecular weight is 244 g/mol. The second-order valence-electron chi connectivity index (χ2n) is 5.39. The molecule has 0 rings (SSSR count). The largest absolute Gasteiger partial charge is 0.369 e. The van der Waals surface area contributed by atoms with Crippen LogP contribution in [0.4, 0.5) is 0 Å². The molecule has 5 N–H and O–H groups in total. The van der Waals surface area contributed by atoms with Crippen molar-refractivity contribution in [2.75, 3.05) is 19.6 Å². The van der Waals surface area contributed by atoms with Crippen LogP contribution < -0.4 is 17.0 Å². The molecular formula is C11H24N4O2. The molecule has 6 heteroatoms. The molecule has 0 saturated heterocycles. The van der Waals surface area contributed by atoms with Gasteiger partial charge in [-0.05, 0) is 19.8 Å². The first kappa shape index (κ1) is 15.9. The van der Waals surface area contributed by atoms with E-state index < -0.39 is 11.3 Å². The van der Waals surface area contributed by atoms with Crippen molar-refractivity contribution in [3.8, 4) is 0 Å². The normalized spacial score (nSPS) is 11.9. The summed E-state index contributed by atoms with van der Waals surface area (Å²) in [7, 11) is 0. The van der Waals surface area contributed by atoms with Crippen molar-refractivity contribution in [2.24, 2.45) is 22.9 Å². The Kier molecular flexibility index (Phi) is 6.12. The maximum atomic E-state index is 11.6. The van der Waals surface area contributed by atoms with Crippen molar-refractivity contribution in [3.63, 3.8) is 0 Å². The summed E-state index contributed by atoms with van der Waals surface area (Å²) in [5.74, 6) is 4.87. The van der Waals surface area contributed by atoms with Crippen LogP contribution in [0, 0.1) is 11.3 Å². The van der Waals surface area contributed by atoms with Gasteiger partial charge in [-0.3, -0.25) is 19.9 Å². The number of carbonyl (C=O) groups is 2. The molecule has 100 valence electrons. The van der Waals surface area contributed by atoms with Gasteiger partial charge in [-0.1, -0.05) is 13.8 Å². The first-order valence-corrected chi connectivity index (χ1v) is 5.70. The van der Waals surface area contributed by atoms with E-state index in [4.69, 9.17) is 11.6 Å². The molecule has 0 unspecified atom stereocenters. The summed E-state index contributed by atoms with van der Waals surface area (Å²) < 4.78 is 0. The Morgan fingerprint density at radius 2 is 1.88 bits per heavy atom. The molecule has 0 saturated carbocycles. The van der Waals surface area contributed by atoms with E-state index in [9.17, 15) is 9.59 Å². The van der Waals surface area contributed by atoms with Crippen LogP contribution in [0.1, 0.15) is 27.7 Å². The minimum atomic E-state index is -0.654. The summed E-state index contributed by atoms with van der Waals surface area (Å²) in [5, 5.41) is 0. The zero-order valence-corrected chi connectivity index (χ0v) is 11.1. The van der Waals surface area contributed by atoms with Crippen LogP contribution in [-0.2, 0) is 9.59 Å². The van der Waals surface area contributed by atoms with E-state index >= 15 is 0 Å². The van der Waals surface area contributed by atoms with Crippen LogP contribution in [0.15, 0.2) is 0 Å². The Hall–Kier alpha value is -1.14. The third-order valence-corrected chi connectivity index (χ3v) is 2.37. The third-order valence-electron chi connectivity index (χ3n) is 2.37. The van der Waals surface area contributed by atoms with Crippen molar-refractivity contribution < 1.29 is 9.59 Å². The highest BCUT2D eigenvalue weighted by Crippen LogP contribution is 2.17. The van der Waals surface area contributed by atoms with Crippen molar-refractivity contribution in [1.82, 2.24) is 10.3 Å². The van der Waals surface area contributed by atoms with E-state index in [1.165, 1.54) is 0 Å². The molecule has 0 aromatic carbocycles. The third kappa shape index (κ3) is 6.23. The fraction of sp³-hybridized carbons (Fsp3) is 0.818. The molecule has 6 nitrogen and oxygen atoms in total. The van der Waals surface area contributed by atoms with E-state index in [-0.39, 0.29) is 12.5 Å². The Balaban J connectivity index is 4.60. The minimum Gasteiger partial charge on any atom is -0.369 e. The molecule has 2 amide bonds. The maximum Gasteiger partial charge on any atom is 0.240 e. The molecule has 0 aliphatic heterocycles. The summed E-state index contributed by atoms with van der Waals surface area (Å²) in [6.07, 6.45) is 0. The predicted octanol–water partition coefficient (Wildman–Crippen LogP) is -0.554. The number of hydrazine groups is 1. The Bertz CT molecular complexity index is 277. The summed E-state index contributed by atoms with van der Waals surface area (Å²) in [4.78, 5) is 24.4. The molecule has 0 spiro atoms. The summed E-state index contributed by atoms with van der Waals surface area (Å²) in [6, 6.07) is 0. The summed E-state index contributed by atoms with van der Waals surface area (Å²) >= 11 is 0. The van der Waals surface area contributed by atoms with Crippen LogP contribution in [0.5, 0.6) is 0 Å². The molecule has 0 aliphatic rings. The van der Waals surface area contributed by atoms with Gasteiger partial charge in [-0.15, -0.1) is 0 Å². The van der Waals surface area contributed by atoms with Crippen LogP contribution in [0.3, 0.4) is 0 Å². The van der Waals surface area contributed by atoms with Crippen molar-refractivity contribution in [3.05, 3.63) is 0 Å². The van der Waals surface area contributed by atoms with E-state index in [1.807, 2.05) is 18.7 Å². The minimum absolute atomic E-state index is 0.152. The van der Waals surface area contributed by atoms with E-state index in [0.29, 0.717) is 19.0 Å². The highest BCUT2D eigenvalue weighted by molar-refractivity contribution is 5.81. The second-order valence-corrected chi connectivity index (χ2v) is 5.39. The number of nitrogens with zero attached hydrogens (tertiary/aromatic N) is 1. The molecule has 0 aromatic heterocycles. The highest BCUT2D eigenvalue weighted by atomic mass is 16.2. The van der Waals surface area contributed by atoms with Crippen LogP contribution in [0.2, 0.25) is 0 Å². The lowest BCUT2D eigenvalue weighted by molar-refractivity contribution is -0.131. The van der Waals surface area contributed by atoms with Gasteiger partial charge in [0.2, 0.25) is 11.8 Å². The van der Waals surface area contributed by atoms with Gasteiger partial charge in [0.05, 0.1) is 12.0 Å². The lowest BCUT2D eigenvalue weighted by Gasteiger charge is -2.31. The van der Waals surface area contributed by atoms with Gasteiger partial charge in [0.15, 0.2) is 0 Å². The topological polar surface area (TPSA) is 101 Å². The standard InChI is InChI=1S/C11H24N4O2/c1-8(2)5-15(6-9(12)16)7-11(3,4)10(17)14-13/h8H,5-7,13H2,1-4H3,(H2,12,16)(H,14,17). The molecule has 0 aliphatic carbocycles. The fourth-order valence-electron chi connectivity index (χ4n) is 1.75. The lowest BCUT2D eigenvalue weighted by atomic mass is 9.91. The maximum absolute atomic E-state index is 11.6. The lowest BCUT2D eigenvalue weighted by Crippen LogP contribution is -2.49. The van der Waals surface area contributed by atoms with Gasteiger partial charge in [-0.2, -0.15) is 0 Å². The molecule has 0 fully saturated rings. The van der Waals surface area contributed by atoms with Gasteiger partial charge in [0.25, 0.3) is 0 Å². The number of carbonyl (C=O) groups excluding carboxylic acids is 2. The number of rotatable bonds is 7. The number of nitrogens with two attached hydrogens (primary N) is 2. The first-order chi connectivity index (χ1) is 7.69. The number of hydrogen-bond donors (Lipinski definition) is 3. The van der Waals surface area contributed by atoms with E-state index in [1.54, 1.807) is 13.8 Å². The Labute approximate surface area is 103 Å². The molecule has 0 radical (unpaired) electrons. The molecular weight excluding hydrogens is 220 g/mol. The van der Waals surface area contributed by atoms with Crippen molar-refractivity contribution in [2.45, 2.75) is 27.7 Å². The number of hydrogen-bond acceptors (Lipinski definition) is 4. The van der Waals surface area contributed by atoms with Crippen LogP contribution in [-0.4, -0.2) is 36.3 Å². The van der Waals surface area contributed by atoms with Gasteiger partial charge in [0.1, 0.15) is 0 Å². The Morgan fingerprint density at radius 1 is 1.35 bits per heavy atom. The number of amides is 2. The molecule has 0 bridgehead atoms. The quantitative estimate of drug-likeness (QED) is 0.317. The zero-order valence-electron chi connectivity index (χ0n) is 11.1. The molecule has 0 heterocycles. The second kappa shape index (κ2) is 6.56. The van der Waals surface area contributed by atoms with Crippen LogP contribution in [0.25, 0.3) is 0 Å². The smallest absolute Gasteiger partial charge is 0.240 e. The first-order valence-electron chi connectivity index (χ1n) is 5.70. The molecule has 0 atom stereocenters. The van der Waals surface area contributed by atoms with Gasteiger partial charge >= 0.3 is 0 Å². The van der Waals surface area contributed by atoms with E-state index in [2.05, 4.69) is 5.43 Å².